The summed E-state index contributed by atoms with van der Waals surface area (Å²) in [6, 6.07) is 13.2. The van der Waals surface area contributed by atoms with Gasteiger partial charge in [0.25, 0.3) is 0 Å². The Hall–Kier alpha value is -0.860. The maximum atomic E-state index is 3.74. The average molecular weight is 244 g/mol. The first kappa shape index (κ1) is 12.2. The van der Waals surface area contributed by atoms with Gasteiger partial charge in [-0.15, -0.1) is 0 Å². The largest absolute Gasteiger partial charge is 0.311 e. The second-order valence-corrected chi connectivity index (χ2v) is 5.75. The normalized spacial score (nSPS) is 29.4. The Morgan fingerprint density at radius 3 is 2.67 bits per heavy atom. The summed E-state index contributed by atoms with van der Waals surface area (Å²) in [5, 5.41) is 3.74. The van der Waals surface area contributed by atoms with Crippen molar-refractivity contribution in [3.05, 3.63) is 35.9 Å². The minimum atomic E-state index is 0.590. The molecule has 2 heteroatoms. The number of piperazine rings is 1. The first-order valence-corrected chi connectivity index (χ1v) is 7.42. The Bertz CT molecular complexity index is 372. The zero-order valence-electron chi connectivity index (χ0n) is 11.3. The molecule has 2 nitrogen and oxygen atoms in total. The second kappa shape index (κ2) is 5.41. The van der Waals surface area contributed by atoms with E-state index in [2.05, 4.69) is 47.5 Å². The van der Waals surface area contributed by atoms with Gasteiger partial charge in [-0.3, -0.25) is 4.90 Å². The Kier molecular flexibility index (Phi) is 3.67. The molecule has 1 saturated heterocycles. The predicted octanol–water partition coefficient (Wildman–Crippen LogP) is 2.96. The van der Waals surface area contributed by atoms with Gasteiger partial charge in [0, 0.05) is 31.2 Å². The molecular formula is C16H24N2. The number of rotatable bonds is 4. The van der Waals surface area contributed by atoms with Crippen molar-refractivity contribution in [3.8, 4) is 0 Å². The topological polar surface area (TPSA) is 15.3 Å². The molecule has 0 spiro atoms. The maximum absolute atomic E-state index is 3.74. The van der Waals surface area contributed by atoms with E-state index in [-0.39, 0.29) is 0 Å². The molecule has 0 bridgehead atoms. The lowest BCUT2D eigenvalue weighted by molar-refractivity contribution is 0.118. The predicted molar refractivity (Wildman–Crippen MR) is 75.6 cm³/mol. The fraction of sp³-hybridized carbons (Fsp3) is 0.625. The van der Waals surface area contributed by atoms with E-state index in [0.29, 0.717) is 12.1 Å². The standard InChI is InChI=1S/C16H24N2/c1-2-6-14-12-18(15-9-10-15)16(11-17-14)13-7-4-3-5-8-13/h3-5,7-8,14-17H,2,6,9-12H2,1H3. The van der Waals surface area contributed by atoms with Crippen LogP contribution in [0.2, 0.25) is 0 Å². The Morgan fingerprint density at radius 2 is 2.00 bits per heavy atom. The first-order chi connectivity index (χ1) is 8.88. The zero-order valence-corrected chi connectivity index (χ0v) is 11.3. The molecule has 0 amide bonds. The van der Waals surface area contributed by atoms with Crippen LogP contribution >= 0.6 is 0 Å². The third-order valence-electron chi connectivity index (χ3n) is 4.27. The van der Waals surface area contributed by atoms with E-state index in [1.54, 1.807) is 0 Å². The number of hydrogen-bond acceptors (Lipinski definition) is 2. The molecule has 1 aliphatic heterocycles. The molecule has 1 aliphatic carbocycles. The molecule has 18 heavy (non-hydrogen) atoms. The van der Waals surface area contributed by atoms with Gasteiger partial charge in [-0.1, -0.05) is 43.7 Å². The van der Waals surface area contributed by atoms with Crippen LogP contribution in [0.4, 0.5) is 0 Å². The molecule has 1 saturated carbocycles. The van der Waals surface area contributed by atoms with Crippen molar-refractivity contribution in [1.29, 1.82) is 0 Å². The van der Waals surface area contributed by atoms with Gasteiger partial charge in [-0.05, 0) is 24.8 Å². The van der Waals surface area contributed by atoms with Crippen LogP contribution < -0.4 is 5.32 Å². The van der Waals surface area contributed by atoms with E-state index in [4.69, 9.17) is 0 Å². The molecule has 2 atom stereocenters. The Labute approximate surface area is 110 Å². The van der Waals surface area contributed by atoms with E-state index in [1.807, 2.05) is 0 Å². The van der Waals surface area contributed by atoms with Gasteiger partial charge >= 0.3 is 0 Å². The van der Waals surface area contributed by atoms with Crippen molar-refractivity contribution in [3.63, 3.8) is 0 Å². The van der Waals surface area contributed by atoms with Crippen LogP contribution in [-0.2, 0) is 0 Å². The molecule has 2 unspecified atom stereocenters. The quantitative estimate of drug-likeness (QED) is 0.876. The van der Waals surface area contributed by atoms with E-state index < -0.39 is 0 Å². The second-order valence-electron chi connectivity index (χ2n) is 5.75. The number of benzene rings is 1. The fourth-order valence-electron chi connectivity index (χ4n) is 3.18. The van der Waals surface area contributed by atoms with Gasteiger partial charge in [-0.2, -0.15) is 0 Å². The highest BCUT2D eigenvalue weighted by atomic mass is 15.3. The summed E-state index contributed by atoms with van der Waals surface area (Å²) in [4.78, 5) is 2.76. The van der Waals surface area contributed by atoms with Gasteiger partial charge < -0.3 is 5.32 Å². The van der Waals surface area contributed by atoms with Crippen LogP contribution in [0, 0.1) is 0 Å². The van der Waals surface area contributed by atoms with Crippen molar-refractivity contribution < 1.29 is 0 Å². The SMILES string of the molecule is CCCC1CN(C2CC2)C(c2ccccc2)CN1. The highest BCUT2D eigenvalue weighted by Crippen LogP contribution is 2.36. The summed E-state index contributed by atoms with van der Waals surface area (Å²) in [7, 11) is 0. The lowest BCUT2D eigenvalue weighted by Gasteiger charge is -2.41. The third-order valence-corrected chi connectivity index (χ3v) is 4.27. The molecule has 0 aromatic heterocycles. The van der Waals surface area contributed by atoms with E-state index >= 15 is 0 Å². The van der Waals surface area contributed by atoms with Crippen molar-refractivity contribution in [1.82, 2.24) is 10.2 Å². The maximum Gasteiger partial charge on any atom is 0.0476 e. The minimum Gasteiger partial charge on any atom is -0.311 e. The monoisotopic (exact) mass is 244 g/mol. The van der Waals surface area contributed by atoms with Crippen molar-refractivity contribution in [2.24, 2.45) is 0 Å². The summed E-state index contributed by atoms with van der Waals surface area (Å²) < 4.78 is 0. The highest BCUT2D eigenvalue weighted by molar-refractivity contribution is 5.21. The van der Waals surface area contributed by atoms with Crippen LogP contribution in [0.15, 0.2) is 30.3 Å². The lowest BCUT2D eigenvalue weighted by atomic mass is 9.99. The molecular weight excluding hydrogens is 220 g/mol. The van der Waals surface area contributed by atoms with Crippen LogP contribution in [0.1, 0.15) is 44.2 Å². The average Bonchev–Trinajstić information content (AvgIpc) is 3.24. The first-order valence-electron chi connectivity index (χ1n) is 7.42. The van der Waals surface area contributed by atoms with Crippen molar-refractivity contribution in [2.45, 2.75) is 50.7 Å². The molecule has 1 heterocycles. The molecule has 2 fully saturated rings. The lowest BCUT2D eigenvalue weighted by Crippen LogP contribution is -2.52. The van der Waals surface area contributed by atoms with Crippen LogP contribution in [0.5, 0.6) is 0 Å². The molecule has 1 aromatic carbocycles. The Balaban J connectivity index is 1.74. The van der Waals surface area contributed by atoms with Gasteiger partial charge in [0.1, 0.15) is 0 Å². The van der Waals surface area contributed by atoms with Gasteiger partial charge in [-0.25, -0.2) is 0 Å². The summed E-state index contributed by atoms with van der Waals surface area (Å²) in [5.74, 6) is 0. The number of nitrogens with one attached hydrogen (secondary N) is 1. The van der Waals surface area contributed by atoms with Crippen LogP contribution in [0.3, 0.4) is 0 Å². The van der Waals surface area contributed by atoms with Gasteiger partial charge in [0.05, 0.1) is 0 Å². The molecule has 98 valence electrons. The summed E-state index contributed by atoms with van der Waals surface area (Å²) in [6.07, 6.45) is 5.40. The van der Waals surface area contributed by atoms with Gasteiger partial charge in [0.15, 0.2) is 0 Å². The molecule has 1 aromatic rings. The third kappa shape index (κ3) is 2.60. The van der Waals surface area contributed by atoms with E-state index in [9.17, 15) is 0 Å². The Morgan fingerprint density at radius 1 is 1.22 bits per heavy atom. The van der Waals surface area contributed by atoms with Crippen molar-refractivity contribution in [2.75, 3.05) is 13.1 Å². The summed E-state index contributed by atoms with van der Waals surface area (Å²) >= 11 is 0. The fourth-order valence-corrected chi connectivity index (χ4v) is 3.18. The molecule has 3 rings (SSSR count). The van der Waals surface area contributed by atoms with Gasteiger partial charge in [0.2, 0.25) is 0 Å². The highest BCUT2D eigenvalue weighted by Gasteiger charge is 2.38. The number of hydrogen-bond donors (Lipinski definition) is 1. The summed E-state index contributed by atoms with van der Waals surface area (Å²) in [5.41, 5.74) is 1.48. The minimum absolute atomic E-state index is 0.590. The zero-order chi connectivity index (χ0) is 12.4. The van der Waals surface area contributed by atoms with E-state index in [0.717, 1.165) is 12.6 Å². The molecule has 2 aliphatic rings. The van der Waals surface area contributed by atoms with Crippen LogP contribution in [0.25, 0.3) is 0 Å². The van der Waals surface area contributed by atoms with E-state index in [1.165, 1.54) is 37.8 Å². The van der Waals surface area contributed by atoms with Crippen molar-refractivity contribution >= 4 is 0 Å². The van der Waals surface area contributed by atoms with Crippen LogP contribution in [-0.4, -0.2) is 30.1 Å². The number of nitrogens with zero attached hydrogens (tertiary/aromatic N) is 1. The smallest absolute Gasteiger partial charge is 0.0476 e. The molecule has 0 radical (unpaired) electrons. The summed E-state index contributed by atoms with van der Waals surface area (Å²) in [6.45, 7) is 4.63. The molecule has 1 N–H and O–H groups in total.